The zero-order chi connectivity index (χ0) is 22.4. The maximum atomic E-state index is 12.8. The van der Waals surface area contributed by atoms with Crippen LogP contribution >= 0.6 is 0 Å². The molecule has 1 aliphatic heterocycles. The number of hydrogen-bond donors (Lipinski definition) is 3. The molecule has 0 bridgehead atoms. The van der Waals surface area contributed by atoms with Crippen LogP contribution < -0.4 is 5.32 Å². The van der Waals surface area contributed by atoms with Crippen LogP contribution in [0.25, 0.3) is 22.5 Å². The maximum Gasteiger partial charge on any atom is 0.274 e. The molecule has 3 N–H and O–H groups in total. The number of hydrogen-bond acceptors (Lipinski definition) is 6. The van der Waals surface area contributed by atoms with E-state index in [0.29, 0.717) is 23.4 Å². The Morgan fingerprint density at radius 1 is 1.19 bits per heavy atom. The monoisotopic (exact) mass is 433 g/mol. The first-order valence-corrected chi connectivity index (χ1v) is 11.1. The Hall–Kier alpha value is -3.32. The number of fused-ring (bicyclic) bond motifs is 1. The summed E-state index contributed by atoms with van der Waals surface area (Å²) < 4.78 is 5.68. The molecule has 0 radical (unpaired) electrons. The fourth-order valence-corrected chi connectivity index (χ4v) is 4.49. The number of nitrogens with zero attached hydrogens (tertiary/aromatic N) is 2. The summed E-state index contributed by atoms with van der Waals surface area (Å²) in [4.78, 5) is 15.1. The Kier molecular flexibility index (Phi) is 5.13. The highest BCUT2D eigenvalue weighted by Gasteiger charge is 2.31. The maximum absolute atomic E-state index is 12.8. The third kappa shape index (κ3) is 3.62. The number of likely N-dealkylation sites (N-methyl/N-ethyl adjacent to an activating group) is 1. The summed E-state index contributed by atoms with van der Waals surface area (Å²) >= 11 is 0. The molecule has 5 rings (SSSR count). The minimum Gasteiger partial charge on any atom is -0.508 e. The van der Waals surface area contributed by atoms with E-state index in [1.807, 2.05) is 13.0 Å². The lowest BCUT2D eigenvalue weighted by atomic mass is 9.92. The lowest BCUT2D eigenvalue weighted by Gasteiger charge is -2.25. The van der Waals surface area contributed by atoms with Gasteiger partial charge in [-0.15, -0.1) is 0 Å². The molecule has 7 heteroatoms. The molecule has 1 amide bonds. The van der Waals surface area contributed by atoms with Crippen molar-refractivity contribution in [1.82, 2.24) is 15.4 Å². The van der Waals surface area contributed by atoms with Crippen molar-refractivity contribution < 1.29 is 19.5 Å². The molecule has 32 heavy (non-hydrogen) atoms. The summed E-state index contributed by atoms with van der Waals surface area (Å²) in [5.74, 6) is 0.265. The van der Waals surface area contributed by atoms with Crippen LogP contribution in [0, 0.1) is 0 Å². The molecular formula is C25H27N3O4. The van der Waals surface area contributed by atoms with Crippen molar-refractivity contribution in [3.05, 3.63) is 52.7 Å². The van der Waals surface area contributed by atoms with Gasteiger partial charge in [0.2, 0.25) is 0 Å². The first-order chi connectivity index (χ1) is 15.5. The van der Waals surface area contributed by atoms with E-state index in [1.165, 1.54) is 17.2 Å². The topological polar surface area (TPSA) is 98.8 Å². The van der Waals surface area contributed by atoms with Crippen LogP contribution in [0.2, 0.25) is 0 Å². The molecular weight excluding hydrogens is 406 g/mol. The van der Waals surface area contributed by atoms with Gasteiger partial charge in [0.1, 0.15) is 11.5 Å². The zero-order valence-corrected chi connectivity index (χ0v) is 18.3. The van der Waals surface area contributed by atoms with Crippen LogP contribution in [-0.4, -0.2) is 46.3 Å². The molecule has 7 nitrogen and oxygen atoms in total. The van der Waals surface area contributed by atoms with Gasteiger partial charge in [-0.1, -0.05) is 23.4 Å². The molecule has 2 aliphatic rings. The molecule has 0 atom stereocenters. The van der Waals surface area contributed by atoms with Crippen molar-refractivity contribution in [3.63, 3.8) is 0 Å². The van der Waals surface area contributed by atoms with E-state index in [2.05, 4.69) is 34.6 Å². The molecule has 0 unspecified atom stereocenters. The van der Waals surface area contributed by atoms with Crippen molar-refractivity contribution in [2.45, 2.75) is 38.6 Å². The van der Waals surface area contributed by atoms with E-state index < -0.39 is 0 Å². The van der Waals surface area contributed by atoms with Crippen molar-refractivity contribution in [3.8, 4) is 33.9 Å². The molecule has 1 aromatic heterocycles. The van der Waals surface area contributed by atoms with Gasteiger partial charge in [-0.05, 0) is 67.5 Å². The first-order valence-electron chi connectivity index (χ1n) is 11.1. The van der Waals surface area contributed by atoms with Crippen molar-refractivity contribution in [1.29, 1.82) is 0 Å². The number of amides is 1. The van der Waals surface area contributed by atoms with Crippen LogP contribution in [0.4, 0.5) is 0 Å². The fraction of sp³-hybridized carbons (Fsp3) is 0.360. The van der Waals surface area contributed by atoms with E-state index in [1.54, 1.807) is 6.07 Å². The minimum absolute atomic E-state index is 0.0802. The van der Waals surface area contributed by atoms with E-state index in [9.17, 15) is 15.0 Å². The third-order valence-corrected chi connectivity index (χ3v) is 6.35. The number of aromatic hydroxyl groups is 2. The Balaban J connectivity index is 1.67. The van der Waals surface area contributed by atoms with Gasteiger partial charge in [0, 0.05) is 25.7 Å². The quantitative estimate of drug-likeness (QED) is 0.562. The zero-order valence-electron chi connectivity index (χ0n) is 18.3. The van der Waals surface area contributed by atoms with Crippen molar-refractivity contribution in [2.75, 3.05) is 20.1 Å². The van der Waals surface area contributed by atoms with Crippen LogP contribution in [0.5, 0.6) is 11.5 Å². The highest BCUT2D eigenvalue weighted by atomic mass is 16.5. The minimum atomic E-state index is -0.323. The average Bonchev–Trinajstić information content (AvgIpc) is 3.51. The van der Waals surface area contributed by atoms with Gasteiger partial charge in [0.05, 0.1) is 11.1 Å². The number of carbonyl (C=O) groups excluding carboxylic acids is 1. The molecule has 0 spiro atoms. The number of rotatable bonds is 5. The van der Waals surface area contributed by atoms with E-state index in [-0.39, 0.29) is 29.0 Å². The number of carbonyl (C=O) groups is 1. The normalized spacial score (nSPS) is 16.1. The lowest BCUT2D eigenvalue weighted by molar-refractivity contribution is 0.0947. The molecule has 1 saturated carbocycles. The largest absolute Gasteiger partial charge is 0.508 e. The summed E-state index contributed by atoms with van der Waals surface area (Å²) in [6.07, 6.45) is 2.93. The number of benzene rings is 2. The highest BCUT2D eigenvalue weighted by Crippen LogP contribution is 2.49. The average molecular weight is 434 g/mol. The summed E-state index contributed by atoms with van der Waals surface area (Å²) in [6, 6.07) is 9.28. The second-order valence-electron chi connectivity index (χ2n) is 8.77. The number of aromatic nitrogens is 1. The van der Waals surface area contributed by atoms with Crippen LogP contribution in [0.15, 0.2) is 34.9 Å². The van der Waals surface area contributed by atoms with Gasteiger partial charge in [0.25, 0.3) is 5.91 Å². The summed E-state index contributed by atoms with van der Waals surface area (Å²) in [5.41, 5.74) is 5.29. The molecule has 1 aliphatic carbocycles. The first kappa shape index (κ1) is 20.6. The van der Waals surface area contributed by atoms with E-state index >= 15 is 0 Å². The molecule has 3 aromatic rings. The smallest absolute Gasteiger partial charge is 0.274 e. The Morgan fingerprint density at radius 3 is 2.75 bits per heavy atom. The van der Waals surface area contributed by atoms with Gasteiger partial charge in [0.15, 0.2) is 11.5 Å². The Morgan fingerprint density at radius 2 is 2.00 bits per heavy atom. The predicted molar refractivity (Wildman–Crippen MR) is 121 cm³/mol. The number of nitrogens with one attached hydrogen (secondary N) is 1. The molecule has 1 fully saturated rings. The molecule has 2 aromatic carbocycles. The highest BCUT2D eigenvalue weighted by molar-refractivity contribution is 6.02. The van der Waals surface area contributed by atoms with E-state index in [0.717, 1.165) is 43.5 Å². The van der Waals surface area contributed by atoms with Gasteiger partial charge >= 0.3 is 0 Å². The fourth-order valence-electron chi connectivity index (χ4n) is 4.49. The van der Waals surface area contributed by atoms with Crippen molar-refractivity contribution in [2.24, 2.45) is 0 Å². The Bertz CT molecular complexity index is 1200. The summed E-state index contributed by atoms with van der Waals surface area (Å²) in [6.45, 7) is 4.17. The summed E-state index contributed by atoms with van der Waals surface area (Å²) in [7, 11) is 2.10. The second kappa shape index (κ2) is 7.98. The SMILES string of the molecule is CCNC(=O)c1noc(-c2cc(C3CC3)c(O)cc2O)c1-c1ccc2c(c1)CCN(C)C2. The third-order valence-electron chi connectivity index (χ3n) is 6.35. The van der Waals surface area contributed by atoms with Gasteiger partial charge < -0.3 is 25.0 Å². The predicted octanol–water partition coefficient (Wildman–Crippen LogP) is 4.03. The van der Waals surface area contributed by atoms with Gasteiger partial charge in [-0.2, -0.15) is 0 Å². The molecule has 0 saturated heterocycles. The number of phenolic OH excluding ortho intramolecular Hbond substituents is 2. The van der Waals surface area contributed by atoms with Gasteiger partial charge in [-0.25, -0.2) is 0 Å². The standard InChI is InChI=1S/C25H27N3O4/c1-3-26-25(31)23-22(16-6-7-17-13-28(2)9-8-15(17)10-16)24(32-27-23)19-11-18(14-4-5-14)20(29)12-21(19)30/h6-7,10-12,14,29-30H,3-5,8-9,13H2,1-2H3,(H,26,31). The van der Waals surface area contributed by atoms with Crippen LogP contribution in [0.1, 0.15) is 52.9 Å². The molecule has 166 valence electrons. The van der Waals surface area contributed by atoms with E-state index in [4.69, 9.17) is 4.52 Å². The molecule has 2 heterocycles. The second-order valence-corrected chi connectivity index (χ2v) is 8.77. The number of phenols is 2. The van der Waals surface area contributed by atoms with Crippen molar-refractivity contribution >= 4 is 5.91 Å². The summed E-state index contributed by atoms with van der Waals surface area (Å²) in [5, 5.41) is 27.9. The Labute approximate surface area is 186 Å². The van der Waals surface area contributed by atoms with Crippen LogP contribution in [-0.2, 0) is 13.0 Å². The lowest BCUT2D eigenvalue weighted by Crippen LogP contribution is -2.26. The van der Waals surface area contributed by atoms with Crippen LogP contribution in [0.3, 0.4) is 0 Å². The van der Waals surface area contributed by atoms with Gasteiger partial charge in [-0.3, -0.25) is 4.79 Å².